The van der Waals surface area contributed by atoms with Gasteiger partial charge in [-0.15, -0.1) is 11.3 Å². The smallest absolute Gasteiger partial charge is 0.330 e. The highest BCUT2D eigenvalue weighted by Gasteiger charge is 2.15. The summed E-state index contributed by atoms with van der Waals surface area (Å²) in [5.74, 6) is -0.799. The highest BCUT2D eigenvalue weighted by Crippen LogP contribution is 2.42. The third kappa shape index (κ3) is 13.7. The van der Waals surface area contributed by atoms with Gasteiger partial charge in [0.15, 0.2) is 5.78 Å². The van der Waals surface area contributed by atoms with E-state index in [4.69, 9.17) is 30.3 Å². The van der Waals surface area contributed by atoms with Crippen molar-refractivity contribution in [3.05, 3.63) is 57.8 Å². The van der Waals surface area contributed by atoms with Gasteiger partial charge in [-0.05, 0) is 70.0 Å². The van der Waals surface area contributed by atoms with E-state index in [2.05, 4.69) is 46.0 Å². The van der Waals surface area contributed by atoms with Crippen LogP contribution in [0.1, 0.15) is 36.8 Å². The number of nitrogens with zero attached hydrogens (tertiary/aromatic N) is 5. The van der Waals surface area contributed by atoms with Crippen LogP contribution in [-0.2, 0) is 33.3 Å². The Kier molecular flexibility index (Phi) is 17.3. The van der Waals surface area contributed by atoms with Crippen LogP contribution >= 0.6 is 11.3 Å². The third-order valence-corrected chi connectivity index (χ3v) is 7.28. The Bertz CT molecular complexity index is 1390. The van der Waals surface area contributed by atoms with Crippen molar-refractivity contribution in [2.24, 2.45) is 10.2 Å². The number of esters is 1. The molecule has 2 rings (SSSR count). The second-order valence-corrected chi connectivity index (χ2v) is 11.0. The maximum Gasteiger partial charge on any atom is 0.330 e. The minimum absolute atomic E-state index is 0.104. The first-order valence-electron chi connectivity index (χ1n) is 14.5. The van der Waals surface area contributed by atoms with E-state index in [0.717, 1.165) is 23.4 Å². The van der Waals surface area contributed by atoms with Crippen molar-refractivity contribution < 1.29 is 33.3 Å². The molecule has 0 aliphatic carbocycles. The van der Waals surface area contributed by atoms with Crippen molar-refractivity contribution in [1.82, 2.24) is 0 Å². The number of carbonyl (C=O) groups is 2. The molecule has 0 radical (unpaired) electrons. The summed E-state index contributed by atoms with van der Waals surface area (Å²) < 4.78 is 27.0. The van der Waals surface area contributed by atoms with Crippen LogP contribution in [0.5, 0.6) is 0 Å². The largest absolute Gasteiger partial charge is 0.460 e. The van der Waals surface area contributed by atoms with Gasteiger partial charge in [0.25, 0.3) is 0 Å². The Morgan fingerprint density at radius 2 is 1.58 bits per heavy atom. The van der Waals surface area contributed by atoms with Gasteiger partial charge in [-0.25, -0.2) is 9.64 Å². The molecule has 0 saturated heterocycles. The molecular weight excluding hydrogens is 598 g/mol. The average Bonchev–Trinajstić information content (AvgIpc) is 3.32. The zero-order valence-corrected chi connectivity index (χ0v) is 27.4. The van der Waals surface area contributed by atoms with Crippen LogP contribution in [0, 0.1) is 31.8 Å². The second kappa shape index (κ2) is 20.9. The van der Waals surface area contributed by atoms with E-state index < -0.39 is 5.97 Å². The summed E-state index contributed by atoms with van der Waals surface area (Å²) in [4.78, 5) is 28.3. The number of nitriles is 1. The Morgan fingerprint density at radius 3 is 2.11 bits per heavy atom. The van der Waals surface area contributed by atoms with Crippen LogP contribution in [0.15, 0.2) is 40.6 Å². The molecule has 0 spiro atoms. The number of hydrogen-bond donors (Lipinski definition) is 0. The van der Waals surface area contributed by atoms with Gasteiger partial charge < -0.3 is 28.6 Å². The standard InChI is InChI=1S/C32H41N5O7S/c1-23(2)37(27-8-9-28(24(3)21-27)35-36-32-31(34-6)26(5)29(22-33)45-32)11-12-40-13-14-41-15-16-42-17-18-43-19-20-44-30(39)10-7-25(4)38/h7-10,21,23H,11-20H2,1-5H3/b10-7-,36-35?. The van der Waals surface area contributed by atoms with Crippen molar-refractivity contribution in [3.8, 4) is 6.07 Å². The fraction of sp³-hybridized carbons (Fsp3) is 0.500. The predicted octanol–water partition coefficient (Wildman–Crippen LogP) is 6.17. The van der Waals surface area contributed by atoms with Crippen molar-refractivity contribution in [2.75, 3.05) is 70.9 Å². The first-order valence-corrected chi connectivity index (χ1v) is 15.4. The molecule has 242 valence electrons. The molecule has 45 heavy (non-hydrogen) atoms. The van der Waals surface area contributed by atoms with Crippen LogP contribution in [0.3, 0.4) is 0 Å². The van der Waals surface area contributed by atoms with Gasteiger partial charge in [0.2, 0.25) is 5.69 Å². The number of rotatable bonds is 21. The lowest BCUT2D eigenvalue weighted by Crippen LogP contribution is -2.34. The summed E-state index contributed by atoms with van der Waals surface area (Å²) >= 11 is 1.18. The number of azo groups is 1. The number of hydrogen-bond acceptors (Lipinski definition) is 12. The molecule has 1 aromatic heterocycles. The van der Waals surface area contributed by atoms with Gasteiger partial charge in [0.05, 0.1) is 70.0 Å². The molecule has 0 atom stereocenters. The van der Waals surface area contributed by atoms with Crippen molar-refractivity contribution in [2.45, 2.75) is 40.7 Å². The molecular formula is C32H41N5O7S. The summed E-state index contributed by atoms with van der Waals surface area (Å²) in [6.45, 7) is 20.9. The maximum atomic E-state index is 11.3. The molecule has 0 saturated carbocycles. The summed E-state index contributed by atoms with van der Waals surface area (Å²) in [5.41, 5.74) is 3.71. The Hall–Kier alpha value is -3.98. The lowest BCUT2D eigenvalue weighted by atomic mass is 10.1. The number of thiophene rings is 1. The van der Waals surface area contributed by atoms with Gasteiger partial charge in [-0.1, -0.05) is 0 Å². The molecule has 2 aromatic rings. The van der Waals surface area contributed by atoms with Crippen molar-refractivity contribution in [1.29, 1.82) is 5.26 Å². The van der Waals surface area contributed by atoms with Gasteiger partial charge in [-0.3, -0.25) is 4.79 Å². The van der Waals surface area contributed by atoms with Crippen LogP contribution in [0.4, 0.5) is 22.1 Å². The Morgan fingerprint density at radius 1 is 0.978 bits per heavy atom. The van der Waals surface area contributed by atoms with E-state index >= 15 is 0 Å². The summed E-state index contributed by atoms with van der Waals surface area (Å²) in [5, 5.41) is 18.3. The van der Waals surface area contributed by atoms with Gasteiger partial charge in [0, 0.05) is 24.4 Å². The van der Waals surface area contributed by atoms with Crippen LogP contribution in [-0.4, -0.2) is 83.8 Å². The first kappa shape index (κ1) is 37.2. The third-order valence-electron chi connectivity index (χ3n) is 6.21. The lowest BCUT2D eigenvalue weighted by molar-refractivity contribution is -0.139. The second-order valence-electron chi connectivity index (χ2n) is 9.95. The maximum absolute atomic E-state index is 11.3. The molecule has 13 heteroatoms. The molecule has 0 aliphatic heterocycles. The SMILES string of the molecule is [C-]#[N+]c1c(N=Nc2ccc(N(CCOCCOCCOCCOCCOC(=O)/C=C\C(C)=O)C(C)C)cc2C)sc(C#N)c1C. The minimum atomic E-state index is -0.579. The van der Waals surface area contributed by atoms with E-state index in [9.17, 15) is 14.9 Å². The number of anilines is 1. The first-order chi connectivity index (χ1) is 21.7. The Labute approximate surface area is 269 Å². The quantitative estimate of drug-likeness (QED) is 0.0516. The molecule has 0 N–H and O–H groups in total. The predicted molar refractivity (Wildman–Crippen MR) is 172 cm³/mol. The van der Waals surface area contributed by atoms with Crippen molar-refractivity contribution >= 4 is 45.2 Å². The summed E-state index contributed by atoms with van der Waals surface area (Å²) in [6, 6.07) is 8.32. The van der Waals surface area contributed by atoms with E-state index in [1.54, 1.807) is 6.92 Å². The molecule has 0 amide bonds. The highest BCUT2D eigenvalue weighted by atomic mass is 32.1. The molecule has 0 bridgehead atoms. The van der Waals surface area contributed by atoms with Gasteiger partial charge in [0.1, 0.15) is 17.7 Å². The van der Waals surface area contributed by atoms with E-state index in [-0.39, 0.29) is 25.0 Å². The number of ether oxygens (including phenoxy) is 5. The Balaban J connectivity index is 1.62. The van der Waals surface area contributed by atoms with Gasteiger partial charge >= 0.3 is 5.97 Å². The number of carbonyl (C=O) groups excluding carboxylic acids is 2. The normalized spacial score (nSPS) is 11.3. The molecule has 0 unspecified atom stereocenters. The number of benzene rings is 1. The molecule has 1 heterocycles. The highest BCUT2D eigenvalue weighted by molar-refractivity contribution is 7.17. The summed E-state index contributed by atoms with van der Waals surface area (Å²) in [7, 11) is 0. The lowest BCUT2D eigenvalue weighted by Gasteiger charge is -2.29. The van der Waals surface area contributed by atoms with E-state index in [1.807, 2.05) is 19.1 Å². The zero-order chi connectivity index (χ0) is 33.0. The topological polar surface area (TPSA) is 136 Å². The van der Waals surface area contributed by atoms with E-state index in [0.29, 0.717) is 79.6 Å². The van der Waals surface area contributed by atoms with Gasteiger partial charge in [-0.2, -0.15) is 15.5 Å². The minimum Gasteiger partial charge on any atom is -0.460 e. The molecule has 0 fully saturated rings. The molecule has 12 nitrogen and oxygen atoms in total. The average molecular weight is 640 g/mol. The number of aryl methyl sites for hydroxylation is 1. The van der Waals surface area contributed by atoms with Crippen LogP contribution < -0.4 is 4.90 Å². The van der Waals surface area contributed by atoms with Crippen LogP contribution in [0.25, 0.3) is 4.85 Å². The van der Waals surface area contributed by atoms with Crippen LogP contribution in [0.2, 0.25) is 0 Å². The monoisotopic (exact) mass is 639 g/mol. The number of ketones is 1. The zero-order valence-electron chi connectivity index (χ0n) is 26.5. The van der Waals surface area contributed by atoms with Crippen molar-refractivity contribution in [3.63, 3.8) is 0 Å². The van der Waals surface area contributed by atoms with E-state index in [1.165, 1.54) is 18.3 Å². The molecule has 0 aliphatic rings. The summed E-state index contributed by atoms with van der Waals surface area (Å²) in [6.07, 6.45) is 2.24. The molecule has 1 aromatic carbocycles. The number of allylic oxidation sites excluding steroid dienone is 1. The fourth-order valence-electron chi connectivity index (χ4n) is 3.87. The fourth-order valence-corrected chi connectivity index (χ4v) is 4.74.